The molecule has 2 aromatic rings. The number of pyridine rings is 1. The number of hydrogen-bond donors (Lipinski definition) is 0. The van der Waals surface area contributed by atoms with E-state index in [4.69, 9.17) is 0 Å². The van der Waals surface area contributed by atoms with E-state index in [2.05, 4.69) is 4.98 Å². The van der Waals surface area contributed by atoms with E-state index in [9.17, 15) is 4.39 Å². The second-order valence-electron chi connectivity index (χ2n) is 2.85. The summed E-state index contributed by atoms with van der Waals surface area (Å²) in [5.41, 5.74) is 1.81. The lowest BCUT2D eigenvalue weighted by Crippen LogP contribution is -1.88. The first-order valence-corrected chi connectivity index (χ1v) is 5.22. The molecule has 2 rings (SSSR count). The molecule has 3 heteroatoms. The van der Waals surface area contributed by atoms with E-state index in [0.29, 0.717) is 3.57 Å². The zero-order valence-electron chi connectivity index (χ0n) is 7.24. The molecule has 0 radical (unpaired) electrons. The van der Waals surface area contributed by atoms with Gasteiger partial charge in [-0.15, -0.1) is 0 Å². The summed E-state index contributed by atoms with van der Waals surface area (Å²) in [5.74, 6) is -0.273. The molecule has 0 fully saturated rings. The number of rotatable bonds is 1. The van der Waals surface area contributed by atoms with Gasteiger partial charge in [0.1, 0.15) is 0 Å². The van der Waals surface area contributed by atoms with Crippen LogP contribution in [0.5, 0.6) is 0 Å². The van der Waals surface area contributed by atoms with Crippen molar-refractivity contribution in [1.82, 2.24) is 4.98 Å². The van der Waals surface area contributed by atoms with Gasteiger partial charge >= 0.3 is 0 Å². The normalized spacial score (nSPS) is 10.1. The predicted octanol–water partition coefficient (Wildman–Crippen LogP) is 3.49. The molecule has 0 spiro atoms. The largest absolute Gasteiger partial charge is 0.253 e. The Morgan fingerprint density at radius 3 is 2.50 bits per heavy atom. The summed E-state index contributed by atoms with van der Waals surface area (Å²) in [5, 5.41) is 0. The van der Waals surface area contributed by atoms with Crippen LogP contribution in [0.4, 0.5) is 4.39 Å². The van der Waals surface area contributed by atoms with Gasteiger partial charge in [-0.05, 0) is 28.7 Å². The number of benzene rings is 1. The van der Waals surface area contributed by atoms with E-state index >= 15 is 0 Å². The van der Waals surface area contributed by atoms with Crippen molar-refractivity contribution in [2.75, 3.05) is 0 Å². The molecule has 1 aromatic heterocycles. The van der Waals surface area contributed by atoms with E-state index in [1.807, 2.05) is 52.9 Å². The maximum Gasteiger partial charge on any atom is 0.154 e. The molecule has 0 N–H and O–H groups in total. The van der Waals surface area contributed by atoms with Crippen molar-refractivity contribution in [3.05, 3.63) is 52.0 Å². The van der Waals surface area contributed by atoms with Crippen molar-refractivity contribution >= 4 is 22.6 Å². The smallest absolute Gasteiger partial charge is 0.154 e. The molecule has 0 unspecified atom stereocenters. The van der Waals surface area contributed by atoms with Gasteiger partial charge in [0.25, 0.3) is 0 Å². The number of halogens is 2. The molecule has 1 aromatic carbocycles. The van der Waals surface area contributed by atoms with Crippen molar-refractivity contribution in [3.63, 3.8) is 0 Å². The third kappa shape index (κ3) is 1.92. The summed E-state index contributed by atoms with van der Waals surface area (Å²) in [4.78, 5) is 4.03. The van der Waals surface area contributed by atoms with Crippen molar-refractivity contribution < 1.29 is 4.39 Å². The average molecular weight is 299 g/mol. The Balaban J connectivity index is 2.48. The van der Waals surface area contributed by atoms with Gasteiger partial charge in [0.05, 0.1) is 15.5 Å². The van der Waals surface area contributed by atoms with Crippen LogP contribution in [0.3, 0.4) is 0 Å². The lowest BCUT2D eigenvalue weighted by molar-refractivity contribution is 0.614. The van der Waals surface area contributed by atoms with Crippen LogP contribution in [0.25, 0.3) is 11.3 Å². The van der Waals surface area contributed by atoms with E-state index in [1.54, 1.807) is 6.07 Å². The molecule has 0 amide bonds. The van der Waals surface area contributed by atoms with E-state index in [-0.39, 0.29) is 5.82 Å². The van der Waals surface area contributed by atoms with Gasteiger partial charge in [0.2, 0.25) is 0 Å². The Bertz CT molecular complexity index is 442. The Labute approximate surface area is 95.1 Å². The highest BCUT2D eigenvalue weighted by Crippen LogP contribution is 2.19. The Morgan fingerprint density at radius 1 is 1.14 bits per heavy atom. The van der Waals surface area contributed by atoms with E-state index < -0.39 is 0 Å². The summed E-state index contributed by atoms with van der Waals surface area (Å²) < 4.78 is 13.5. The lowest BCUT2D eigenvalue weighted by Gasteiger charge is -2.01. The third-order valence-electron chi connectivity index (χ3n) is 1.88. The van der Waals surface area contributed by atoms with Crippen LogP contribution >= 0.6 is 22.6 Å². The molecule has 0 aliphatic heterocycles. The minimum Gasteiger partial charge on any atom is -0.253 e. The summed E-state index contributed by atoms with van der Waals surface area (Å²) in [6.45, 7) is 0. The second kappa shape index (κ2) is 4.04. The second-order valence-corrected chi connectivity index (χ2v) is 4.01. The Hall–Kier alpha value is -0.970. The van der Waals surface area contributed by atoms with Crippen molar-refractivity contribution in [2.24, 2.45) is 0 Å². The molecular weight excluding hydrogens is 292 g/mol. The summed E-state index contributed by atoms with van der Waals surface area (Å²) >= 11 is 1.96. The SMILES string of the molecule is Fc1cnc(-c2ccccc2)cc1I. The first-order valence-electron chi connectivity index (χ1n) is 4.14. The quantitative estimate of drug-likeness (QED) is 0.735. The maximum atomic E-state index is 12.9. The molecule has 1 nitrogen and oxygen atoms in total. The number of aromatic nitrogens is 1. The molecule has 70 valence electrons. The van der Waals surface area contributed by atoms with Crippen LogP contribution in [-0.2, 0) is 0 Å². The standard InChI is InChI=1S/C11H7FIN/c12-9-7-14-11(6-10(9)13)8-4-2-1-3-5-8/h1-7H. The predicted molar refractivity (Wildman–Crippen MR) is 62.3 cm³/mol. The zero-order chi connectivity index (χ0) is 9.97. The van der Waals surface area contributed by atoms with Crippen LogP contribution in [0, 0.1) is 9.39 Å². The lowest BCUT2D eigenvalue weighted by atomic mass is 10.1. The maximum absolute atomic E-state index is 12.9. The molecule has 0 atom stereocenters. The highest BCUT2D eigenvalue weighted by atomic mass is 127. The number of nitrogens with zero attached hydrogens (tertiary/aromatic N) is 1. The van der Waals surface area contributed by atoms with Gasteiger partial charge in [-0.1, -0.05) is 30.3 Å². The van der Waals surface area contributed by atoms with Gasteiger partial charge in [-0.3, -0.25) is 4.98 Å². The van der Waals surface area contributed by atoms with Crippen LogP contribution < -0.4 is 0 Å². The molecule has 0 bridgehead atoms. The van der Waals surface area contributed by atoms with Crippen LogP contribution in [0.1, 0.15) is 0 Å². The molecule has 0 aliphatic rings. The van der Waals surface area contributed by atoms with Gasteiger partial charge < -0.3 is 0 Å². The van der Waals surface area contributed by atoms with Gasteiger partial charge in [-0.2, -0.15) is 0 Å². The number of hydrogen-bond acceptors (Lipinski definition) is 1. The van der Waals surface area contributed by atoms with Crippen molar-refractivity contribution in [1.29, 1.82) is 0 Å². The monoisotopic (exact) mass is 299 g/mol. The highest BCUT2D eigenvalue weighted by Gasteiger charge is 2.02. The summed E-state index contributed by atoms with van der Waals surface area (Å²) in [6.07, 6.45) is 1.25. The van der Waals surface area contributed by atoms with Crippen molar-refractivity contribution in [3.8, 4) is 11.3 Å². The zero-order valence-corrected chi connectivity index (χ0v) is 9.40. The minimum absolute atomic E-state index is 0.273. The third-order valence-corrected chi connectivity index (χ3v) is 2.70. The minimum atomic E-state index is -0.273. The topological polar surface area (TPSA) is 12.9 Å². The highest BCUT2D eigenvalue weighted by molar-refractivity contribution is 14.1. The fraction of sp³-hybridized carbons (Fsp3) is 0. The van der Waals surface area contributed by atoms with Gasteiger partial charge in [0.15, 0.2) is 5.82 Å². The Morgan fingerprint density at radius 2 is 1.86 bits per heavy atom. The molecule has 0 saturated heterocycles. The molecule has 14 heavy (non-hydrogen) atoms. The Kier molecular flexibility index (Phi) is 2.77. The molecule has 1 heterocycles. The summed E-state index contributed by atoms with van der Waals surface area (Å²) in [7, 11) is 0. The van der Waals surface area contributed by atoms with E-state index in [1.165, 1.54) is 6.20 Å². The molecule has 0 aliphatic carbocycles. The first-order chi connectivity index (χ1) is 6.77. The van der Waals surface area contributed by atoms with E-state index in [0.717, 1.165) is 11.3 Å². The molecular formula is C11H7FIN. The first kappa shape index (κ1) is 9.58. The van der Waals surface area contributed by atoms with Crippen LogP contribution in [0.2, 0.25) is 0 Å². The average Bonchev–Trinajstić information content (AvgIpc) is 2.23. The van der Waals surface area contributed by atoms with Gasteiger partial charge in [-0.25, -0.2) is 4.39 Å². The van der Waals surface area contributed by atoms with Crippen LogP contribution in [0.15, 0.2) is 42.6 Å². The van der Waals surface area contributed by atoms with Gasteiger partial charge in [0, 0.05) is 5.56 Å². The fourth-order valence-corrected chi connectivity index (χ4v) is 1.62. The molecule has 0 saturated carbocycles. The van der Waals surface area contributed by atoms with Crippen molar-refractivity contribution in [2.45, 2.75) is 0 Å². The van der Waals surface area contributed by atoms with Crippen LogP contribution in [-0.4, -0.2) is 4.98 Å². The fourth-order valence-electron chi connectivity index (χ4n) is 1.18. The summed E-state index contributed by atoms with van der Waals surface area (Å²) in [6, 6.07) is 11.5.